The summed E-state index contributed by atoms with van der Waals surface area (Å²) in [5, 5.41) is 4.55. The van der Waals surface area contributed by atoms with Crippen molar-refractivity contribution in [1.82, 2.24) is 24.9 Å². The van der Waals surface area contributed by atoms with Crippen LogP contribution in [0.3, 0.4) is 0 Å². The van der Waals surface area contributed by atoms with E-state index in [0.717, 1.165) is 42.2 Å². The van der Waals surface area contributed by atoms with Crippen LogP contribution in [0.5, 0.6) is 11.8 Å². The zero-order chi connectivity index (χ0) is 21.2. The molecule has 6 rings (SSSR count). The molecule has 1 spiro atoms. The van der Waals surface area contributed by atoms with Crippen LogP contribution in [-0.4, -0.2) is 51.1 Å². The number of hydrogen-bond donors (Lipinski definition) is 3. The van der Waals surface area contributed by atoms with Gasteiger partial charge in [0.15, 0.2) is 5.75 Å². The van der Waals surface area contributed by atoms with Gasteiger partial charge in [0.1, 0.15) is 23.6 Å². The normalized spacial score (nSPS) is 22.5. The second kappa shape index (κ2) is 6.48. The van der Waals surface area contributed by atoms with Gasteiger partial charge in [0.2, 0.25) is 0 Å². The Morgan fingerprint density at radius 1 is 1.29 bits per heavy atom. The summed E-state index contributed by atoms with van der Waals surface area (Å²) in [4.78, 5) is 22.8. The van der Waals surface area contributed by atoms with E-state index in [1.807, 2.05) is 0 Å². The maximum absolute atomic E-state index is 14.4. The molecule has 3 aromatic heterocycles. The summed E-state index contributed by atoms with van der Waals surface area (Å²) in [5.74, 6) is 0.826. The number of aromatic nitrogens is 5. The monoisotopic (exact) mass is 420 g/mol. The van der Waals surface area contributed by atoms with E-state index < -0.39 is 0 Å². The maximum atomic E-state index is 14.4. The molecule has 0 bridgehead atoms. The van der Waals surface area contributed by atoms with Crippen molar-refractivity contribution < 1.29 is 9.13 Å². The molecule has 9 nitrogen and oxygen atoms in total. The van der Waals surface area contributed by atoms with Crippen LogP contribution in [0.25, 0.3) is 21.9 Å². The summed E-state index contributed by atoms with van der Waals surface area (Å²) in [5.41, 5.74) is 8.37. The molecule has 0 radical (unpaired) electrons. The van der Waals surface area contributed by atoms with Crippen LogP contribution in [0, 0.1) is 11.2 Å². The molecule has 2 aliphatic rings. The molecule has 4 heterocycles. The van der Waals surface area contributed by atoms with Gasteiger partial charge in [-0.05, 0) is 25.0 Å². The molecule has 4 aromatic rings. The van der Waals surface area contributed by atoms with Gasteiger partial charge in [0.05, 0.1) is 29.0 Å². The molecular formula is C21H21FN8O. The van der Waals surface area contributed by atoms with Crippen molar-refractivity contribution in [3.05, 3.63) is 36.7 Å². The lowest BCUT2D eigenvalue weighted by molar-refractivity contribution is 0.439. The summed E-state index contributed by atoms with van der Waals surface area (Å²) in [6, 6.07) is 3.37. The molecule has 1 saturated carbocycles. The first-order chi connectivity index (χ1) is 15.1. The number of hydrogen-bond acceptors (Lipinski definition) is 8. The lowest BCUT2D eigenvalue weighted by atomic mass is 10.1. The molecule has 10 heteroatoms. The fourth-order valence-corrected chi connectivity index (χ4v) is 4.66. The lowest BCUT2D eigenvalue weighted by Crippen LogP contribution is -2.24. The number of ether oxygens (including phenoxy) is 1. The molecule has 2 atom stereocenters. The average molecular weight is 420 g/mol. The number of nitrogens with one attached hydrogen (secondary N) is 2. The first-order valence-electron chi connectivity index (χ1n) is 10.2. The van der Waals surface area contributed by atoms with Crippen molar-refractivity contribution in [2.45, 2.75) is 18.9 Å². The first kappa shape index (κ1) is 18.3. The smallest absolute Gasteiger partial charge is 0.326 e. The number of H-pyrrole nitrogens is 1. The minimum Gasteiger partial charge on any atom is -0.421 e. The summed E-state index contributed by atoms with van der Waals surface area (Å²) in [6.07, 6.45) is 6.56. The maximum Gasteiger partial charge on any atom is 0.326 e. The number of nitrogens with two attached hydrogens (primary N) is 1. The Morgan fingerprint density at radius 2 is 2.10 bits per heavy atom. The second-order valence-electron chi connectivity index (χ2n) is 8.33. The molecular weight excluding hydrogens is 399 g/mol. The molecule has 2 fully saturated rings. The van der Waals surface area contributed by atoms with Crippen molar-refractivity contribution in [2.75, 3.05) is 30.4 Å². The third-order valence-electron chi connectivity index (χ3n) is 6.44. The van der Waals surface area contributed by atoms with E-state index in [0.29, 0.717) is 22.9 Å². The van der Waals surface area contributed by atoms with Crippen LogP contribution < -0.4 is 20.7 Å². The largest absolute Gasteiger partial charge is 0.421 e. The van der Waals surface area contributed by atoms with Crippen molar-refractivity contribution in [2.24, 2.45) is 11.1 Å². The van der Waals surface area contributed by atoms with Gasteiger partial charge < -0.3 is 25.7 Å². The van der Waals surface area contributed by atoms with Crippen molar-refractivity contribution in [1.29, 1.82) is 0 Å². The predicted octanol–water partition coefficient (Wildman–Crippen LogP) is 2.80. The average Bonchev–Trinajstić information content (AvgIpc) is 3.08. The Labute approximate surface area is 176 Å². The zero-order valence-electron chi connectivity index (χ0n) is 16.9. The number of aromatic amines is 1. The molecule has 4 N–H and O–H groups in total. The summed E-state index contributed by atoms with van der Waals surface area (Å²) < 4.78 is 20.2. The molecule has 1 saturated heterocycles. The van der Waals surface area contributed by atoms with Gasteiger partial charge in [-0.25, -0.2) is 14.4 Å². The third-order valence-corrected chi connectivity index (χ3v) is 6.44. The Bertz CT molecular complexity index is 1310. The summed E-state index contributed by atoms with van der Waals surface area (Å²) in [7, 11) is 1.76. The van der Waals surface area contributed by atoms with Gasteiger partial charge in [-0.1, -0.05) is 0 Å². The van der Waals surface area contributed by atoms with Crippen LogP contribution in [0.15, 0.2) is 30.9 Å². The minimum absolute atomic E-state index is 0.152. The molecule has 0 unspecified atom stereocenters. The van der Waals surface area contributed by atoms with Gasteiger partial charge in [-0.2, -0.15) is 9.97 Å². The highest BCUT2D eigenvalue weighted by atomic mass is 19.1. The topological polar surface area (TPSA) is 118 Å². The van der Waals surface area contributed by atoms with Crippen molar-refractivity contribution in [3.63, 3.8) is 0 Å². The van der Waals surface area contributed by atoms with Gasteiger partial charge in [0, 0.05) is 37.0 Å². The molecule has 0 amide bonds. The van der Waals surface area contributed by atoms with Crippen LogP contribution in [0.4, 0.5) is 15.9 Å². The van der Waals surface area contributed by atoms with E-state index in [4.69, 9.17) is 15.5 Å². The SMILES string of the molecule is CNc1cc(F)cc2c1[nH]c1nc(Oc3cncnc3)nc(N3CC[C@@]4(C[C@H]4N)C3)c12. The van der Waals surface area contributed by atoms with E-state index in [1.165, 1.54) is 18.5 Å². The number of halogens is 1. The zero-order valence-corrected chi connectivity index (χ0v) is 16.9. The highest BCUT2D eigenvalue weighted by molar-refractivity contribution is 6.14. The number of rotatable bonds is 4. The van der Waals surface area contributed by atoms with Gasteiger partial charge in [-0.3, -0.25) is 0 Å². The Morgan fingerprint density at radius 3 is 2.81 bits per heavy atom. The predicted molar refractivity (Wildman–Crippen MR) is 115 cm³/mol. The van der Waals surface area contributed by atoms with E-state index in [-0.39, 0.29) is 23.3 Å². The summed E-state index contributed by atoms with van der Waals surface area (Å²) in [6.45, 7) is 1.64. The molecule has 1 aliphatic heterocycles. The Kier molecular flexibility index (Phi) is 3.82. The first-order valence-corrected chi connectivity index (χ1v) is 10.2. The number of benzene rings is 1. The minimum atomic E-state index is -0.326. The fraction of sp³-hybridized carbons (Fsp3) is 0.333. The molecule has 1 aliphatic carbocycles. The van der Waals surface area contributed by atoms with Crippen LogP contribution in [0.2, 0.25) is 0 Å². The fourth-order valence-electron chi connectivity index (χ4n) is 4.66. The van der Waals surface area contributed by atoms with E-state index >= 15 is 0 Å². The van der Waals surface area contributed by atoms with Crippen molar-refractivity contribution in [3.8, 4) is 11.8 Å². The molecule has 158 valence electrons. The number of anilines is 2. The van der Waals surface area contributed by atoms with Gasteiger partial charge in [0.25, 0.3) is 0 Å². The summed E-state index contributed by atoms with van der Waals surface area (Å²) >= 11 is 0. The van der Waals surface area contributed by atoms with E-state index in [9.17, 15) is 4.39 Å². The Hall–Kier alpha value is -3.53. The van der Waals surface area contributed by atoms with E-state index in [2.05, 4.69) is 30.2 Å². The van der Waals surface area contributed by atoms with Gasteiger partial charge >= 0.3 is 6.01 Å². The number of nitrogens with zero attached hydrogens (tertiary/aromatic N) is 5. The van der Waals surface area contributed by atoms with Crippen LogP contribution in [-0.2, 0) is 0 Å². The number of fused-ring (bicyclic) bond motifs is 3. The quantitative estimate of drug-likeness (QED) is 0.461. The van der Waals surface area contributed by atoms with Gasteiger partial charge in [-0.15, -0.1) is 0 Å². The highest BCUT2D eigenvalue weighted by Gasteiger charge is 2.55. The molecule has 31 heavy (non-hydrogen) atoms. The molecule has 1 aromatic carbocycles. The van der Waals surface area contributed by atoms with Crippen molar-refractivity contribution >= 4 is 33.4 Å². The Balaban J connectivity index is 1.55. The highest BCUT2D eigenvalue weighted by Crippen LogP contribution is 2.53. The lowest BCUT2D eigenvalue weighted by Gasteiger charge is -2.19. The third kappa shape index (κ3) is 2.86. The van der Waals surface area contributed by atoms with E-state index in [1.54, 1.807) is 19.4 Å². The van der Waals surface area contributed by atoms with Crippen LogP contribution in [0.1, 0.15) is 12.8 Å². The standard InChI is InChI=1S/C21H21FN8O/c1-24-14-5-11(22)4-13-16-18(27-17(13)14)28-20(31-12-7-25-10-26-8-12)29-19(16)30-3-2-21(9-30)6-15(21)23/h4-5,7-8,10,15,24H,2-3,6,9,23H2,1H3,(H,27,28,29)/t15-,21-/m1/s1. The van der Waals surface area contributed by atoms with Crippen LogP contribution >= 0.6 is 0 Å². The second-order valence-corrected chi connectivity index (χ2v) is 8.33.